The molecule has 1 spiro atoms. The van der Waals surface area contributed by atoms with Gasteiger partial charge in [-0.3, -0.25) is 0 Å². The summed E-state index contributed by atoms with van der Waals surface area (Å²) in [7, 11) is 0. The van der Waals surface area contributed by atoms with Crippen LogP contribution in [0.25, 0.3) is 0 Å². The van der Waals surface area contributed by atoms with E-state index in [-0.39, 0.29) is 5.60 Å². The van der Waals surface area contributed by atoms with Crippen molar-refractivity contribution in [3.63, 3.8) is 0 Å². The van der Waals surface area contributed by atoms with Gasteiger partial charge in [0.1, 0.15) is 0 Å². The van der Waals surface area contributed by atoms with Crippen LogP contribution in [0.2, 0.25) is 0 Å². The molecule has 2 aliphatic rings. The SMILES string of the molecule is CSCCCCCCNC1CCOC2(CCCC2)C1. The molecule has 2 nitrogen and oxygen atoms in total. The van der Waals surface area contributed by atoms with Crippen LogP contribution in [0.1, 0.15) is 64.2 Å². The molecular formula is C16H31NOS. The van der Waals surface area contributed by atoms with Crippen molar-refractivity contribution in [1.29, 1.82) is 0 Å². The summed E-state index contributed by atoms with van der Waals surface area (Å²) in [6, 6.07) is 0.720. The molecule has 2 rings (SSSR count). The lowest BCUT2D eigenvalue weighted by Crippen LogP contribution is -2.45. The van der Waals surface area contributed by atoms with E-state index in [2.05, 4.69) is 11.6 Å². The van der Waals surface area contributed by atoms with E-state index in [4.69, 9.17) is 4.74 Å². The molecular weight excluding hydrogens is 254 g/mol. The molecule has 3 heteroatoms. The Labute approximate surface area is 123 Å². The number of hydrogen-bond acceptors (Lipinski definition) is 3. The van der Waals surface area contributed by atoms with Crippen molar-refractivity contribution in [3.05, 3.63) is 0 Å². The smallest absolute Gasteiger partial charge is 0.0697 e. The first kappa shape index (κ1) is 15.7. The minimum absolute atomic E-state index is 0.272. The van der Waals surface area contributed by atoms with Crippen molar-refractivity contribution in [2.75, 3.05) is 25.2 Å². The lowest BCUT2D eigenvalue weighted by Gasteiger charge is -2.38. The minimum atomic E-state index is 0.272. The van der Waals surface area contributed by atoms with Crippen LogP contribution in [-0.2, 0) is 4.74 Å². The summed E-state index contributed by atoms with van der Waals surface area (Å²) in [5.74, 6) is 1.33. The number of nitrogens with one attached hydrogen (secondary N) is 1. The summed E-state index contributed by atoms with van der Waals surface area (Å²) in [4.78, 5) is 0. The van der Waals surface area contributed by atoms with Gasteiger partial charge in [0.05, 0.1) is 5.60 Å². The lowest BCUT2D eigenvalue weighted by molar-refractivity contribution is -0.0835. The molecule has 112 valence electrons. The van der Waals surface area contributed by atoms with Gasteiger partial charge in [0.2, 0.25) is 0 Å². The number of hydrogen-bond donors (Lipinski definition) is 1. The predicted octanol–water partition coefficient (Wildman–Crippen LogP) is 3.99. The molecule has 1 aliphatic carbocycles. The van der Waals surface area contributed by atoms with Crippen molar-refractivity contribution in [1.82, 2.24) is 5.32 Å². The average Bonchev–Trinajstić information content (AvgIpc) is 2.86. The first-order chi connectivity index (χ1) is 9.35. The Balaban J connectivity index is 1.53. The van der Waals surface area contributed by atoms with E-state index in [1.807, 2.05) is 11.8 Å². The van der Waals surface area contributed by atoms with Crippen LogP contribution >= 0.6 is 11.8 Å². The molecule has 1 heterocycles. The number of ether oxygens (including phenoxy) is 1. The van der Waals surface area contributed by atoms with Crippen molar-refractivity contribution in [2.24, 2.45) is 0 Å². The van der Waals surface area contributed by atoms with Crippen LogP contribution in [0, 0.1) is 0 Å². The summed E-state index contributed by atoms with van der Waals surface area (Å²) in [5, 5.41) is 3.78. The van der Waals surface area contributed by atoms with E-state index < -0.39 is 0 Å². The van der Waals surface area contributed by atoms with Crippen LogP contribution in [0.5, 0.6) is 0 Å². The van der Waals surface area contributed by atoms with Crippen LogP contribution < -0.4 is 5.32 Å². The van der Waals surface area contributed by atoms with Crippen molar-refractivity contribution in [3.8, 4) is 0 Å². The van der Waals surface area contributed by atoms with Crippen molar-refractivity contribution < 1.29 is 4.74 Å². The molecule has 1 saturated carbocycles. The molecule has 0 aromatic rings. The van der Waals surface area contributed by atoms with Gasteiger partial charge in [0.25, 0.3) is 0 Å². The topological polar surface area (TPSA) is 21.3 Å². The molecule has 0 aromatic heterocycles. The van der Waals surface area contributed by atoms with E-state index in [1.54, 1.807) is 0 Å². The second-order valence-corrected chi connectivity index (χ2v) is 7.28. The molecule has 2 fully saturated rings. The van der Waals surface area contributed by atoms with E-state index in [9.17, 15) is 0 Å². The van der Waals surface area contributed by atoms with Crippen molar-refractivity contribution >= 4 is 11.8 Å². The van der Waals surface area contributed by atoms with Gasteiger partial charge in [0, 0.05) is 12.6 Å². The maximum absolute atomic E-state index is 6.09. The molecule has 0 aromatic carbocycles. The fourth-order valence-corrected chi connectivity index (χ4v) is 4.09. The van der Waals surface area contributed by atoms with Gasteiger partial charge in [-0.25, -0.2) is 0 Å². The molecule has 1 N–H and O–H groups in total. The van der Waals surface area contributed by atoms with Crippen LogP contribution in [0.4, 0.5) is 0 Å². The molecule has 19 heavy (non-hydrogen) atoms. The Morgan fingerprint density at radius 2 is 1.95 bits per heavy atom. The van der Waals surface area contributed by atoms with E-state index >= 15 is 0 Å². The highest BCUT2D eigenvalue weighted by atomic mass is 32.2. The summed E-state index contributed by atoms with van der Waals surface area (Å²) >= 11 is 1.97. The third-order valence-corrected chi connectivity index (χ3v) is 5.41. The van der Waals surface area contributed by atoms with Crippen LogP contribution in [0.15, 0.2) is 0 Å². The molecule has 1 unspecified atom stereocenters. The second kappa shape index (κ2) is 8.53. The Morgan fingerprint density at radius 1 is 1.16 bits per heavy atom. The maximum Gasteiger partial charge on any atom is 0.0697 e. The average molecular weight is 285 g/mol. The normalized spacial score (nSPS) is 26.1. The highest BCUT2D eigenvalue weighted by Gasteiger charge is 2.39. The molecule has 0 amide bonds. The molecule has 0 radical (unpaired) electrons. The largest absolute Gasteiger partial charge is 0.375 e. The summed E-state index contributed by atoms with van der Waals surface area (Å²) in [6.45, 7) is 2.19. The van der Waals surface area contributed by atoms with Gasteiger partial charge in [0.15, 0.2) is 0 Å². The van der Waals surface area contributed by atoms with Gasteiger partial charge < -0.3 is 10.1 Å². The highest BCUT2D eigenvalue weighted by molar-refractivity contribution is 7.98. The Morgan fingerprint density at radius 3 is 2.74 bits per heavy atom. The van der Waals surface area contributed by atoms with E-state index in [0.717, 1.165) is 12.6 Å². The van der Waals surface area contributed by atoms with Gasteiger partial charge in [-0.1, -0.05) is 25.7 Å². The second-order valence-electron chi connectivity index (χ2n) is 6.29. The molecule has 1 atom stereocenters. The number of thioether (sulfide) groups is 1. The quantitative estimate of drug-likeness (QED) is 0.681. The summed E-state index contributed by atoms with van der Waals surface area (Å²) in [6.07, 6.45) is 15.6. The standard InChI is InChI=1S/C16H31NOS/c1-19-13-7-3-2-6-11-17-15-8-12-18-16(14-15)9-4-5-10-16/h15,17H,2-14H2,1H3. The molecule has 1 aliphatic heterocycles. The van der Waals surface area contributed by atoms with Gasteiger partial charge in [-0.15, -0.1) is 0 Å². The Hall–Kier alpha value is 0.270. The first-order valence-electron chi connectivity index (χ1n) is 8.21. The Bertz CT molecular complexity index is 241. The molecule has 0 bridgehead atoms. The van der Waals surface area contributed by atoms with Gasteiger partial charge in [-0.05, 0) is 57.1 Å². The monoisotopic (exact) mass is 285 g/mol. The third-order valence-electron chi connectivity index (χ3n) is 4.72. The fourth-order valence-electron chi connectivity index (χ4n) is 3.60. The van der Waals surface area contributed by atoms with Crippen LogP contribution in [0.3, 0.4) is 0 Å². The maximum atomic E-state index is 6.09. The van der Waals surface area contributed by atoms with Gasteiger partial charge >= 0.3 is 0 Å². The zero-order chi connectivity index (χ0) is 13.4. The highest BCUT2D eigenvalue weighted by Crippen LogP contribution is 2.39. The number of rotatable bonds is 8. The van der Waals surface area contributed by atoms with Crippen LogP contribution in [-0.4, -0.2) is 36.8 Å². The zero-order valence-electron chi connectivity index (χ0n) is 12.6. The van der Waals surface area contributed by atoms with Crippen molar-refractivity contribution in [2.45, 2.75) is 75.9 Å². The summed E-state index contributed by atoms with van der Waals surface area (Å²) in [5.41, 5.74) is 0.272. The Kier molecular flexibility index (Phi) is 7.03. The summed E-state index contributed by atoms with van der Waals surface area (Å²) < 4.78 is 6.09. The van der Waals surface area contributed by atoms with E-state index in [0.29, 0.717) is 0 Å². The van der Waals surface area contributed by atoms with Gasteiger partial charge in [-0.2, -0.15) is 11.8 Å². The zero-order valence-corrected chi connectivity index (χ0v) is 13.4. The fraction of sp³-hybridized carbons (Fsp3) is 1.00. The minimum Gasteiger partial charge on any atom is -0.375 e. The lowest BCUT2D eigenvalue weighted by atomic mass is 9.89. The van der Waals surface area contributed by atoms with E-state index in [1.165, 1.54) is 76.5 Å². The first-order valence-corrected chi connectivity index (χ1v) is 9.60. The third kappa shape index (κ3) is 5.28. The molecule has 1 saturated heterocycles. The number of unbranched alkanes of at least 4 members (excludes halogenated alkanes) is 3. The predicted molar refractivity (Wildman–Crippen MR) is 85.0 cm³/mol.